The van der Waals surface area contributed by atoms with Gasteiger partial charge in [-0.25, -0.2) is 4.79 Å². The lowest BCUT2D eigenvalue weighted by molar-refractivity contribution is -0.139. The first-order chi connectivity index (χ1) is 12.5. The molecule has 0 saturated carbocycles. The molecule has 1 heterocycles. The van der Waals surface area contributed by atoms with Crippen molar-refractivity contribution in [2.75, 3.05) is 13.7 Å². The molecule has 1 atom stereocenters. The first kappa shape index (κ1) is 18.9. The van der Waals surface area contributed by atoms with Crippen LogP contribution in [0.15, 0.2) is 41.0 Å². The smallest absolute Gasteiger partial charge is 0.338 e. The third-order valence-electron chi connectivity index (χ3n) is 4.01. The molecular formula is C19H19N3O4. The third-order valence-corrected chi connectivity index (χ3v) is 4.01. The fourth-order valence-electron chi connectivity index (χ4n) is 2.89. The standard InChI is InChI=1S/C19H19N3O4/c1-4-25-19(23)16-11(2)26-18(22)14(10-21)17(16)13-5-6-15(24-3)12(9-13)7-8-20/h5-6,9,17H,4,7,22H2,1-3H3. The maximum Gasteiger partial charge on any atom is 0.338 e. The van der Waals surface area contributed by atoms with E-state index in [1.54, 1.807) is 32.0 Å². The van der Waals surface area contributed by atoms with Crippen LogP contribution < -0.4 is 10.5 Å². The lowest BCUT2D eigenvalue weighted by Gasteiger charge is -2.27. The molecule has 7 heteroatoms. The van der Waals surface area contributed by atoms with Gasteiger partial charge in [-0.05, 0) is 25.5 Å². The van der Waals surface area contributed by atoms with E-state index in [1.807, 2.05) is 6.07 Å². The predicted octanol–water partition coefficient (Wildman–Crippen LogP) is 2.41. The summed E-state index contributed by atoms with van der Waals surface area (Å²) in [6.07, 6.45) is 0.124. The van der Waals surface area contributed by atoms with Crippen molar-refractivity contribution in [3.8, 4) is 17.9 Å². The molecule has 2 rings (SSSR count). The lowest BCUT2D eigenvalue weighted by Crippen LogP contribution is -2.25. The molecule has 0 radical (unpaired) electrons. The Bertz CT molecular complexity index is 872. The fraction of sp³-hybridized carbons (Fsp3) is 0.316. The van der Waals surface area contributed by atoms with Crippen LogP contribution in [0.1, 0.15) is 30.9 Å². The number of carbonyl (C=O) groups excluding carboxylic acids is 1. The zero-order chi connectivity index (χ0) is 19.3. The second-order valence-electron chi connectivity index (χ2n) is 5.52. The zero-order valence-electron chi connectivity index (χ0n) is 14.8. The molecule has 1 aliphatic rings. The van der Waals surface area contributed by atoms with Gasteiger partial charge in [0.1, 0.15) is 23.2 Å². The van der Waals surface area contributed by atoms with E-state index in [0.717, 1.165) is 0 Å². The summed E-state index contributed by atoms with van der Waals surface area (Å²) in [6, 6.07) is 9.25. The van der Waals surface area contributed by atoms with Gasteiger partial charge in [0.15, 0.2) is 0 Å². The van der Waals surface area contributed by atoms with Gasteiger partial charge in [0, 0.05) is 5.56 Å². The molecule has 1 aliphatic heterocycles. The van der Waals surface area contributed by atoms with E-state index in [2.05, 4.69) is 6.07 Å². The minimum absolute atomic E-state index is 0.0549. The van der Waals surface area contributed by atoms with Crippen molar-refractivity contribution >= 4 is 5.97 Å². The normalized spacial score (nSPS) is 16.4. The Hall–Kier alpha value is -3.45. The lowest BCUT2D eigenvalue weighted by atomic mass is 9.82. The van der Waals surface area contributed by atoms with Crippen molar-refractivity contribution in [2.24, 2.45) is 5.73 Å². The average molecular weight is 353 g/mol. The Morgan fingerprint density at radius 1 is 1.38 bits per heavy atom. The summed E-state index contributed by atoms with van der Waals surface area (Å²) in [5.74, 6) is -0.538. The highest BCUT2D eigenvalue weighted by Crippen LogP contribution is 2.40. The number of nitrogens with zero attached hydrogens (tertiary/aromatic N) is 2. The van der Waals surface area contributed by atoms with E-state index in [4.69, 9.17) is 25.2 Å². The van der Waals surface area contributed by atoms with Crippen molar-refractivity contribution in [2.45, 2.75) is 26.2 Å². The molecule has 0 fully saturated rings. The average Bonchev–Trinajstić information content (AvgIpc) is 2.61. The number of ether oxygens (including phenoxy) is 3. The third kappa shape index (κ3) is 3.47. The quantitative estimate of drug-likeness (QED) is 0.807. The SMILES string of the molecule is CCOC(=O)C1=C(C)OC(N)=C(C#N)C1c1ccc(OC)c(CC#N)c1. The number of nitriles is 2. The maximum absolute atomic E-state index is 12.5. The number of hydrogen-bond donors (Lipinski definition) is 1. The largest absolute Gasteiger partial charge is 0.496 e. The van der Waals surface area contributed by atoms with Gasteiger partial charge in [-0.3, -0.25) is 0 Å². The molecule has 1 unspecified atom stereocenters. The first-order valence-corrected chi connectivity index (χ1v) is 7.97. The Morgan fingerprint density at radius 2 is 2.12 bits per heavy atom. The Labute approximate surface area is 151 Å². The summed E-state index contributed by atoms with van der Waals surface area (Å²) < 4.78 is 15.8. The van der Waals surface area contributed by atoms with Crippen LogP contribution in [0.25, 0.3) is 0 Å². The second kappa shape index (κ2) is 8.09. The highest BCUT2D eigenvalue weighted by Gasteiger charge is 2.36. The second-order valence-corrected chi connectivity index (χ2v) is 5.52. The number of allylic oxidation sites excluding steroid dienone is 2. The van der Waals surface area contributed by atoms with Crippen molar-refractivity contribution in [3.05, 3.63) is 52.1 Å². The summed E-state index contributed by atoms with van der Waals surface area (Å²) in [7, 11) is 1.51. The maximum atomic E-state index is 12.5. The van der Waals surface area contributed by atoms with Crippen LogP contribution in [0.3, 0.4) is 0 Å². The van der Waals surface area contributed by atoms with E-state index in [1.165, 1.54) is 7.11 Å². The number of methoxy groups -OCH3 is 1. The highest BCUT2D eigenvalue weighted by molar-refractivity contribution is 5.92. The number of hydrogen-bond acceptors (Lipinski definition) is 7. The van der Waals surface area contributed by atoms with Crippen molar-refractivity contribution in [1.29, 1.82) is 10.5 Å². The van der Waals surface area contributed by atoms with Gasteiger partial charge in [-0.1, -0.05) is 12.1 Å². The van der Waals surface area contributed by atoms with Crippen LogP contribution in [-0.2, 0) is 20.7 Å². The molecule has 0 spiro atoms. The topological polar surface area (TPSA) is 118 Å². The zero-order valence-corrected chi connectivity index (χ0v) is 14.8. The van der Waals surface area contributed by atoms with Crippen LogP contribution in [0.4, 0.5) is 0 Å². The molecule has 0 aromatic heterocycles. The van der Waals surface area contributed by atoms with Crippen molar-refractivity contribution in [1.82, 2.24) is 0 Å². The van der Waals surface area contributed by atoms with Gasteiger partial charge in [0.2, 0.25) is 5.88 Å². The number of nitrogens with two attached hydrogens (primary N) is 1. The number of esters is 1. The molecule has 0 amide bonds. The van der Waals surface area contributed by atoms with Crippen LogP contribution >= 0.6 is 0 Å². The van der Waals surface area contributed by atoms with Gasteiger partial charge < -0.3 is 19.9 Å². The first-order valence-electron chi connectivity index (χ1n) is 7.97. The molecule has 1 aromatic rings. The number of rotatable bonds is 5. The molecule has 134 valence electrons. The fourth-order valence-corrected chi connectivity index (χ4v) is 2.89. The monoisotopic (exact) mass is 353 g/mol. The van der Waals surface area contributed by atoms with Crippen LogP contribution in [-0.4, -0.2) is 19.7 Å². The Morgan fingerprint density at radius 3 is 2.69 bits per heavy atom. The van der Waals surface area contributed by atoms with Crippen molar-refractivity contribution in [3.63, 3.8) is 0 Å². The summed E-state index contributed by atoms with van der Waals surface area (Å²) in [5, 5.41) is 18.6. The van der Waals surface area contributed by atoms with E-state index in [-0.39, 0.29) is 35.8 Å². The van der Waals surface area contributed by atoms with E-state index in [9.17, 15) is 10.1 Å². The van der Waals surface area contributed by atoms with Crippen LogP contribution in [0, 0.1) is 22.7 Å². The molecule has 26 heavy (non-hydrogen) atoms. The Balaban J connectivity index is 2.66. The van der Waals surface area contributed by atoms with E-state index >= 15 is 0 Å². The van der Waals surface area contributed by atoms with E-state index in [0.29, 0.717) is 16.9 Å². The molecule has 7 nitrogen and oxygen atoms in total. The summed E-state index contributed by atoms with van der Waals surface area (Å²) >= 11 is 0. The van der Waals surface area contributed by atoms with Gasteiger partial charge in [-0.2, -0.15) is 10.5 Å². The van der Waals surface area contributed by atoms with Crippen LogP contribution in [0.5, 0.6) is 5.75 Å². The molecule has 0 aliphatic carbocycles. The molecule has 2 N–H and O–H groups in total. The molecule has 0 bridgehead atoms. The Kier molecular flexibility index (Phi) is 5.87. The van der Waals surface area contributed by atoms with E-state index < -0.39 is 11.9 Å². The minimum atomic E-state index is -0.740. The predicted molar refractivity (Wildman–Crippen MR) is 92.3 cm³/mol. The minimum Gasteiger partial charge on any atom is -0.496 e. The summed E-state index contributed by atoms with van der Waals surface area (Å²) in [6.45, 7) is 3.48. The van der Waals surface area contributed by atoms with Gasteiger partial charge in [-0.15, -0.1) is 0 Å². The van der Waals surface area contributed by atoms with Crippen molar-refractivity contribution < 1.29 is 19.0 Å². The van der Waals surface area contributed by atoms with Gasteiger partial charge in [0.05, 0.1) is 37.7 Å². The highest BCUT2D eigenvalue weighted by atomic mass is 16.5. The number of benzene rings is 1. The van der Waals surface area contributed by atoms with Gasteiger partial charge in [0.25, 0.3) is 0 Å². The molecule has 0 saturated heterocycles. The van der Waals surface area contributed by atoms with Gasteiger partial charge >= 0.3 is 5.97 Å². The molecular weight excluding hydrogens is 334 g/mol. The summed E-state index contributed by atoms with van der Waals surface area (Å²) in [5.41, 5.74) is 7.47. The van der Waals surface area contributed by atoms with Crippen LogP contribution in [0.2, 0.25) is 0 Å². The molecule has 1 aromatic carbocycles. The number of carbonyl (C=O) groups is 1. The summed E-state index contributed by atoms with van der Waals surface area (Å²) in [4.78, 5) is 12.5.